The van der Waals surface area contributed by atoms with Crippen molar-refractivity contribution in [2.75, 3.05) is 33.1 Å². The maximum atomic E-state index is 12.5. The van der Waals surface area contributed by atoms with Crippen LogP contribution in [0.25, 0.3) is 0 Å². The molecule has 0 radical (unpaired) electrons. The van der Waals surface area contributed by atoms with Crippen LogP contribution in [0, 0.1) is 11.8 Å². The van der Waals surface area contributed by atoms with Crippen LogP contribution in [-0.4, -0.2) is 74.9 Å². The second kappa shape index (κ2) is 12.0. The van der Waals surface area contributed by atoms with Crippen LogP contribution in [0.4, 0.5) is 0 Å². The molecular weight excluding hydrogens is 485 g/mol. The minimum Gasteiger partial charge on any atom is -0.374 e. The highest BCUT2D eigenvalue weighted by atomic mass is 32.2. The summed E-state index contributed by atoms with van der Waals surface area (Å²) in [6, 6.07) is -0.285. The maximum absolute atomic E-state index is 12.5. The second-order valence-corrected chi connectivity index (χ2v) is 13.1. The van der Waals surface area contributed by atoms with Crippen LogP contribution in [-0.2, 0) is 33.4 Å². The molecule has 0 aromatic rings. The molecule has 1 amide bonds. The summed E-state index contributed by atoms with van der Waals surface area (Å²) >= 11 is 0. The molecule has 0 spiro atoms. The van der Waals surface area contributed by atoms with Gasteiger partial charge in [0.15, 0.2) is 6.35 Å². The highest BCUT2D eigenvalue weighted by Crippen LogP contribution is 2.40. The number of amides is 1. The van der Waals surface area contributed by atoms with Crippen LogP contribution in [0.1, 0.15) is 41.0 Å². The molecular formula is C21H40N3O8PS. The van der Waals surface area contributed by atoms with Gasteiger partial charge in [0, 0.05) is 31.5 Å². The molecule has 3 N–H and O–H groups in total. The molecule has 13 heteroatoms. The van der Waals surface area contributed by atoms with Crippen molar-refractivity contribution in [1.29, 1.82) is 0 Å². The molecule has 1 heterocycles. The molecule has 0 aromatic carbocycles. The summed E-state index contributed by atoms with van der Waals surface area (Å²) in [6.45, 7) is 18.0. The van der Waals surface area contributed by atoms with E-state index in [2.05, 4.69) is 48.7 Å². The lowest BCUT2D eigenvalue weighted by Crippen LogP contribution is -2.55. The van der Waals surface area contributed by atoms with Crippen LogP contribution in [0.15, 0.2) is 24.6 Å². The molecule has 34 heavy (non-hydrogen) atoms. The van der Waals surface area contributed by atoms with Crippen molar-refractivity contribution < 1.29 is 36.7 Å². The predicted octanol–water partition coefficient (Wildman–Crippen LogP) is 1.97. The maximum Gasteiger partial charge on any atom is 0.353 e. The van der Waals surface area contributed by atoms with E-state index in [4.69, 9.17) is 9.47 Å². The zero-order valence-electron chi connectivity index (χ0n) is 21.2. The van der Waals surface area contributed by atoms with Crippen molar-refractivity contribution in [2.24, 2.45) is 11.8 Å². The van der Waals surface area contributed by atoms with E-state index in [0.29, 0.717) is 24.6 Å². The fourth-order valence-corrected chi connectivity index (χ4v) is 4.40. The molecule has 0 aliphatic carbocycles. The molecule has 1 rings (SSSR count). The Morgan fingerprint density at radius 1 is 1.29 bits per heavy atom. The van der Waals surface area contributed by atoms with E-state index in [1.807, 2.05) is 4.72 Å². The smallest absolute Gasteiger partial charge is 0.353 e. The second-order valence-electron chi connectivity index (χ2n) is 9.47. The van der Waals surface area contributed by atoms with Gasteiger partial charge < -0.3 is 29.1 Å². The number of nitrogens with zero attached hydrogens (tertiary/aromatic N) is 1. The first-order valence-electron chi connectivity index (χ1n) is 10.9. The number of allylic oxidation sites excluding steroid dienone is 1. The normalized spacial score (nSPS) is 21.7. The lowest BCUT2D eigenvalue weighted by atomic mass is 9.93. The number of nitrogens with one attached hydrogen (secondary N) is 2. The van der Waals surface area contributed by atoms with Crippen molar-refractivity contribution in [3.8, 4) is 0 Å². The fourth-order valence-electron chi connectivity index (χ4n) is 3.40. The summed E-state index contributed by atoms with van der Waals surface area (Å²) in [5.74, 6) is -0.209. The van der Waals surface area contributed by atoms with Crippen molar-refractivity contribution in [2.45, 2.75) is 58.7 Å². The van der Waals surface area contributed by atoms with Crippen LogP contribution >= 0.6 is 7.60 Å². The average molecular weight is 526 g/mol. The van der Waals surface area contributed by atoms with Gasteiger partial charge in [-0.05, 0) is 25.7 Å². The van der Waals surface area contributed by atoms with Crippen LogP contribution in [0.3, 0.4) is 0 Å². The third-order valence-electron chi connectivity index (χ3n) is 5.81. The fraction of sp³-hybridized carbons (Fsp3) is 0.762. The van der Waals surface area contributed by atoms with Gasteiger partial charge in [-0.1, -0.05) is 33.9 Å². The molecule has 198 valence electrons. The molecule has 0 saturated carbocycles. The quantitative estimate of drug-likeness (QED) is 0.175. The third kappa shape index (κ3) is 9.31. The molecule has 0 aromatic heterocycles. The number of carbonyl (C=O) groups is 1. The van der Waals surface area contributed by atoms with Gasteiger partial charge >= 0.3 is 7.60 Å². The van der Waals surface area contributed by atoms with Crippen LogP contribution < -0.4 is 10.0 Å². The van der Waals surface area contributed by atoms with Gasteiger partial charge in [-0.2, -0.15) is 0 Å². The summed E-state index contributed by atoms with van der Waals surface area (Å²) in [4.78, 5) is 23.9. The molecule has 1 fully saturated rings. The van der Waals surface area contributed by atoms with E-state index in [1.165, 1.54) is 0 Å². The number of hydrogen-bond donors (Lipinski definition) is 3. The van der Waals surface area contributed by atoms with Gasteiger partial charge in [-0.3, -0.25) is 14.1 Å². The number of carbonyl (C=O) groups excluding carboxylic acids is 1. The Morgan fingerprint density at radius 2 is 1.88 bits per heavy atom. The number of rotatable bonds is 14. The summed E-state index contributed by atoms with van der Waals surface area (Å²) in [7, 11) is -6.38. The van der Waals surface area contributed by atoms with E-state index in [-0.39, 0.29) is 24.9 Å². The number of sulfonamides is 1. The monoisotopic (exact) mass is 525 g/mol. The van der Waals surface area contributed by atoms with Crippen molar-refractivity contribution in [3.63, 3.8) is 0 Å². The van der Waals surface area contributed by atoms with E-state index in [0.717, 1.165) is 19.1 Å². The number of hydrogen-bond acceptors (Lipinski definition) is 9. The van der Waals surface area contributed by atoms with Gasteiger partial charge in [0.25, 0.3) is 5.91 Å². The first-order chi connectivity index (χ1) is 15.4. The first kappa shape index (κ1) is 30.6. The highest BCUT2D eigenvalue weighted by molar-refractivity contribution is 7.89. The summed E-state index contributed by atoms with van der Waals surface area (Å²) < 4.78 is 51.9. The zero-order chi connectivity index (χ0) is 26.5. The zero-order valence-corrected chi connectivity index (χ0v) is 22.9. The Labute approximate surface area is 203 Å². The predicted molar refractivity (Wildman–Crippen MR) is 130 cm³/mol. The van der Waals surface area contributed by atoms with Crippen molar-refractivity contribution in [1.82, 2.24) is 14.9 Å². The molecule has 4 atom stereocenters. The SMILES string of the molecule is C=C(NC(C)(C)C(=O)NS(C)(=O)=O)C1CC(OCOCP(=O)(O)OC)CN1C(=C)C(C)C(C)C. The van der Waals surface area contributed by atoms with Gasteiger partial charge in [-0.25, -0.2) is 8.42 Å². The number of likely N-dealkylation sites (tertiary alicyclic amines) is 1. The average Bonchev–Trinajstić information content (AvgIpc) is 3.12. The van der Waals surface area contributed by atoms with Gasteiger partial charge in [0.1, 0.15) is 12.3 Å². The minimum atomic E-state index is -3.79. The summed E-state index contributed by atoms with van der Waals surface area (Å²) in [5, 5.41) is 3.06. The molecule has 11 nitrogen and oxygen atoms in total. The van der Waals surface area contributed by atoms with Crippen LogP contribution in [0.2, 0.25) is 0 Å². The molecule has 1 aliphatic rings. The van der Waals surface area contributed by atoms with Gasteiger partial charge in [0.2, 0.25) is 10.0 Å². The van der Waals surface area contributed by atoms with Crippen molar-refractivity contribution >= 4 is 23.5 Å². The lowest BCUT2D eigenvalue weighted by Gasteiger charge is -2.36. The van der Waals surface area contributed by atoms with Crippen molar-refractivity contribution in [3.05, 3.63) is 24.6 Å². The Bertz CT molecular complexity index is 906. The number of ether oxygens (including phenoxy) is 2. The Balaban J connectivity index is 2.95. The van der Waals surface area contributed by atoms with E-state index >= 15 is 0 Å². The van der Waals surface area contributed by atoms with E-state index < -0.39 is 35.4 Å². The largest absolute Gasteiger partial charge is 0.374 e. The third-order valence-corrected chi connectivity index (χ3v) is 7.44. The minimum absolute atomic E-state index is 0.161. The standard InChI is InChI=1S/C21H40N3O8PS/c1-14(2)15(3)17(5)24-11-18(32-12-31-13-33(26,27)30-8)10-19(24)16(4)22-21(6,7)20(25)23-34(9,28)29/h14-15,18-19,22H,4-5,10-13H2,1-3,6-9H3,(H,23,25)(H,26,27). The lowest BCUT2D eigenvalue weighted by molar-refractivity contribution is -0.124. The highest BCUT2D eigenvalue weighted by Gasteiger charge is 2.39. The van der Waals surface area contributed by atoms with E-state index in [1.54, 1.807) is 13.8 Å². The first-order valence-corrected chi connectivity index (χ1v) is 14.6. The molecule has 0 bridgehead atoms. The van der Waals surface area contributed by atoms with Crippen LogP contribution in [0.5, 0.6) is 0 Å². The Hall–Kier alpha value is -1.43. The molecule has 1 aliphatic heterocycles. The Morgan fingerprint density at radius 3 is 2.38 bits per heavy atom. The van der Waals surface area contributed by atoms with E-state index in [9.17, 15) is 22.7 Å². The molecule has 4 unspecified atom stereocenters. The molecule has 1 saturated heterocycles. The van der Waals surface area contributed by atoms with Gasteiger partial charge in [-0.15, -0.1) is 0 Å². The summed E-state index contributed by atoms with van der Waals surface area (Å²) in [6.07, 6.45) is 0.619. The topological polar surface area (TPSA) is 144 Å². The Kier molecular flexibility index (Phi) is 10.8. The summed E-state index contributed by atoms with van der Waals surface area (Å²) in [5.41, 5.74) is 0.144. The van der Waals surface area contributed by atoms with Gasteiger partial charge in [0.05, 0.1) is 18.4 Å².